The van der Waals surface area contributed by atoms with E-state index in [1.165, 1.54) is 0 Å². The molecule has 7 heteroatoms. The fourth-order valence-electron chi connectivity index (χ4n) is 1.38. The van der Waals surface area contributed by atoms with E-state index in [0.717, 1.165) is 18.4 Å². The summed E-state index contributed by atoms with van der Waals surface area (Å²) < 4.78 is 2.22. The lowest BCUT2D eigenvalue weighted by atomic mass is 10.2. The molecule has 0 aliphatic heterocycles. The van der Waals surface area contributed by atoms with Crippen LogP contribution in [-0.2, 0) is 4.79 Å². The van der Waals surface area contributed by atoms with E-state index in [9.17, 15) is 4.79 Å². The molecule has 0 aliphatic carbocycles. The summed E-state index contributed by atoms with van der Waals surface area (Å²) in [6, 6.07) is 5.73. The van der Waals surface area contributed by atoms with Crippen molar-refractivity contribution in [2.75, 3.05) is 19.0 Å². The monoisotopic (exact) mass is 482 g/mol. The molecule has 0 atom stereocenters. The molecule has 0 spiro atoms. The summed E-state index contributed by atoms with van der Waals surface area (Å²) in [5.41, 5.74) is 4.36. The van der Waals surface area contributed by atoms with Crippen molar-refractivity contribution in [2.45, 2.75) is 6.42 Å². The summed E-state index contributed by atoms with van der Waals surface area (Å²) in [4.78, 5) is 13.1. The molecule has 1 aromatic rings. The molecule has 5 nitrogen and oxygen atoms in total. The van der Waals surface area contributed by atoms with Gasteiger partial charge >= 0.3 is 0 Å². The minimum atomic E-state index is -0.409. The number of hydrogen-bond donors (Lipinski definition) is 1. The van der Waals surface area contributed by atoms with Crippen molar-refractivity contribution >= 4 is 63.0 Å². The van der Waals surface area contributed by atoms with Crippen molar-refractivity contribution in [3.05, 3.63) is 24.8 Å². The summed E-state index contributed by atoms with van der Waals surface area (Å²) in [5, 5.41) is 12.2. The second-order valence-electron chi connectivity index (χ2n) is 3.86. The van der Waals surface area contributed by atoms with Crippen LogP contribution in [0.2, 0.25) is 0 Å². The van der Waals surface area contributed by atoms with Gasteiger partial charge in [-0.2, -0.15) is 10.4 Å². The maximum atomic E-state index is 11.1. The third-order valence-electron chi connectivity index (χ3n) is 2.13. The van der Waals surface area contributed by atoms with Gasteiger partial charge in [0.25, 0.3) is 5.91 Å². The first-order valence-corrected chi connectivity index (χ1v) is 7.46. The van der Waals surface area contributed by atoms with Crippen LogP contribution in [0.1, 0.15) is 12.0 Å². The normalized spacial score (nSPS) is 10.3. The number of carbonyl (C=O) groups excluding carboxylic acids is 1. The molecule has 1 N–H and O–H groups in total. The SMILES string of the molecule is CN(C)c1c(I)cc(/C=N/NC(=O)CC#N)cc1I. The Bertz CT molecular complexity index is 526. The van der Waals surface area contributed by atoms with E-state index in [1.54, 1.807) is 12.3 Å². The number of amides is 1. The second-order valence-corrected chi connectivity index (χ2v) is 6.18. The molecule has 1 rings (SSSR count). The number of halogens is 2. The Morgan fingerprint density at radius 1 is 1.47 bits per heavy atom. The van der Waals surface area contributed by atoms with Crippen molar-refractivity contribution in [2.24, 2.45) is 5.10 Å². The van der Waals surface area contributed by atoms with Crippen molar-refractivity contribution in [3.8, 4) is 6.07 Å². The third kappa shape index (κ3) is 4.94. The molecule has 0 saturated carbocycles. The molecule has 100 valence electrons. The van der Waals surface area contributed by atoms with E-state index in [4.69, 9.17) is 5.26 Å². The van der Waals surface area contributed by atoms with E-state index in [2.05, 4.69) is 60.6 Å². The number of rotatable bonds is 4. The molecule has 0 fully saturated rings. The molecule has 19 heavy (non-hydrogen) atoms. The average Bonchev–Trinajstić information content (AvgIpc) is 2.27. The van der Waals surface area contributed by atoms with Crippen LogP contribution in [0.3, 0.4) is 0 Å². The molecule has 1 amide bonds. The molecular weight excluding hydrogens is 470 g/mol. The summed E-state index contributed by atoms with van der Waals surface area (Å²) in [5.74, 6) is -0.409. The molecule has 0 unspecified atom stereocenters. The zero-order valence-corrected chi connectivity index (χ0v) is 14.8. The number of nitrogens with one attached hydrogen (secondary N) is 1. The number of benzene rings is 1. The highest BCUT2D eigenvalue weighted by Gasteiger charge is 2.08. The van der Waals surface area contributed by atoms with E-state index >= 15 is 0 Å². The summed E-state index contributed by atoms with van der Waals surface area (Å²) in [6.45, 7) is 0. The van der Waals surface area contributed by atoms with Gasteiger partial charge in [0.05, 0.1) is 18.0 Å². The maximum Gasteiger partial charge on any atom is 0.254 e. The van der Waals surface area contributed by atoms with Gasteiger partial charge in [0.1, 0.15) is 6.42 Å². The van der Waals surface area contributed by atoms with Crippen molar-refractivity contribution in [3.63, 3.8) is 0 Å². The Hall–Kier alpha value is -0.890. The van der Waals surface area contributed by atoms with Crippen molar-refractivity contribution in [1.29, 1.82) is 5.26 Å². The van der Waals surface area contributed by atoms with E-state index < -0.39 is 5.91 Å². The summed E-state index contributed by atoms with van der Waals surface area (Å²) in [7, 11) is 3.99. The molecular formula is C12H12I2N4O. The maximum absolute atomic E-state index is 11.1. The first kappa shape index (κ1) is 16.2. The topological polar surface area (TPSA) is 68.5 Å². The van der Waals surface area contributed by atoms with Crippen LogP contribution in [0.15, 0.2) is 17.2 Å². The predicted molar refractivity (Wildman–Crippen MR) is 92.2 cm³/mol. The number of nitriles is 1. The largest absolute Gasteiger partial charge is 0.376 e. The molecule has 0 heterocycles. The molecule has 0 aromatic heterocycles. The van der Waals surface area contributed by atoms with Gasteiger partial charge in [0.2, 0.25) is 0 Å². The van der Waals surface area contributed by atoms with Crippen molar-refractivity contribution in [1.82, 2.24) is 5.43 Å². The van der Waals surface area contributed by atoms with E-state index in [-0.39, 0.29) is 6.42 Å². The first-order valence-electron chi connectivity index (χ1n) is 5.31. The Morgan fingerprint density at radius 3 is 2.53 bits per heavy atom. The van der Waals surface area contributed by atoms with Gasteiger partial charge in [-0.3, -0.25) is 4.79 Å². The average molecular weight is 482 g/mol. The second kappa shape index (κ2) is 7.64. The molecule has 1 aromatic carbocycles. The molecule has 0 bridgehead atoms. The minimum absolute atomic E-state index is 0.189. The van der Waals surface area contributed by atoms with Crippen molar-refractivity contribution < 1.29 is 4.79 Å². The Kier molecular flexibility index (Phi) is 6.50. The lowest BCUT2D eigenvalue weighted by Crippen LogP contribution is -2.16. The smallest absolute Gasteiger partial charge is 0.254 e. The molecule has 0 aliphatic rings. The number of hydrogen-bond acceptors (Lipinski definition) is 4. The van der Waals surface area contributed by atoms with Crippen LogP contribution in [0, 0.1) is 18.5 Å². The highest BCUT2D eigenvalue weighted by atomic mass is 127. The van der Waals surface area contributed by atoms with Gasteiger partial charge in [-0.1, -0.05) is 0 Å². The van der Waals surface area contributed by atoms with E-state index in [0.29, 0.717) is 0 Å². The Balaban J connectivity index is 2.84. The highest BCUT2D eigenvalue weighted by Crippen LogP contribution is 2.28. The van der Waals surface area contributed by atoms with Crippen LogP contribution in [0.4, 0.5) is 5.69 Å². The Labute approximate surface area is 139 Å². The van der Waals surface area contributed by atoms with Gasteiger partial charge in [0, 0.05) is 21.2 Å². The number of hydrazone groups is 1. The van der Waals surface area contributed by atoms with Crippen LogP contribution in [0.5, 0.6) is 0 Å². The highest BCUT2D eigenvalue weighted by molar-refractivity contribution is 14.1. The fourth-order valence-corrected chi connectivity index (χ4v) is 4.16. The zero-order valence-electron chi connectivity index (χ0n) is 10.4. The number of carbonyl (C=O) groups is 1. The van der Waals surface area contributed by atoms with Gasteiger partial charge in [-0.25, -0.2) is 5.43 Å². The lowest BCUT2D eigenvalue weighted by Gasteiger charge is -2.17. The van der Waals surface area contributed by atoms with Crippen LogP contribution < -0.4 is 10.3 Å². The van der Waals surface area contributed by atoms with Gasteiger partial charge in [-0.05, 0) is 62.9 Å². The fraction of sp³-hybridized carbons (Fsp3) is 0.250. The third-order valence-corrected chi connectivity index (χ3v) is 3.77. The first-order chi connectivity index (χ1) is 8.95. The number of nitrogens with zero attached hydrogens (tertiary/aromatic N) is 3. The lowest BCUT2D eigenvalue weighted by molar-refractivity contribution is -0.120. The predicted octanol–water partition coefficient (Wildman–Crippen LogP) is 2.33. The molecule has 0 radical (unpaired) electrons. The summed E-state index contributed by atoms with van der Waals surface area (Å²) >= 11 is 4.53. The van der Waals surface area contributed by atoms with Crippen LogP contribution in [-0.4, -0.2) is 26.2 Å². The zero-order chi connectivity index (χ0) is 14.4. The minimum Gasteiger partial charge on any atom is -0.376 e. The van der Waals surface area contributed by atoms with E-state index in [1.807, 2.05) is 26.2 Å². The Morgan fingerprint density at radius 2 is 2.05 bits per heavy atom. The van der Waals surface area contributed by atoms with Gasteiger partial charge in [-0.15, -0.1) is 0 Å². The van der Waals surface area contributed by atoms with Gasteiger partial charge in [0.15, 0.2) is 0 Å². The van der Waals surface area contributed by atoms with Gasteiger partial charge < -0.3 is 4.90 Å². The summed E-state index contributed by atoms with van der Waals surface area (Å²) in [6.07, 6.45) is 1.38. The number of anilines is 1. The molecule has 0 saturated heterocycles. The van der Waals surface area contributed by atoms with Crippen LogP contribution in [0.25, 0.3) is 0 Å². The quantitative estimate of drug-likeness (QED) is 0.407. The van der Waals surface area contributed by atoms with Crippen LogP contribution >= 0.6 is 45.2 Å². The standard InChI is InChI=1S/C12H12I2N4O/c1-18(2)12-9(13)5-8(6-10(12)14)7-16-17-11(19)3-4-15/h5-7H,3H2,1-2H3,(H,17,19)/b16-7+.